The van der Waals surface area contributed by atoms with E-state index in [1.165, 1.54) is 11.0 Å². The number of amides is 1. The highest BCUT2D eigenvalue weighted by Crippen LogP contribution is 2.40. The van der Waals surface area contributed by atoms with E-state index in [4.69, 9.17) is 0 Å². The van der Waals surface area contributed by atoms with Crippen LogP contribution in [-0.2, 0) is 9.59 Å². The summed E-state index contributed by atoms with van der Waals surface area (Å²) in [6.07, 6.45) is 0.620. The zero-order chi connectivity index (χ0) is 22.0. The summed E-state index contributed by atoms with van der Waals surface area (Å²) in [6, 6.07) is 10.6. The van der Waals surface area contributed by atoms with Crippen molar-refractivity contribution in [3.05, 3.63) is 76.1 Å². The minimum atomic E-state index is -0.965. The molecule has 0 radical (unpaired) electrons. The summed E-state index contributed by atoms with van der Waals surface area (Å²) in [7, 11) is 3.84. The van der Waals surface area contributed by atoms with E-state index in [1.54, 1.807) is 24.3 Å². The normalized spacial score (nSPS) is 18.5. The molecule has 1 unspecified atom stereocenters. The van der Waals surface area contributed by atoms with E-state index in [2.05, 4.69) is 0 Å². The summed E-state index contributed by atoms with van der Waals surface area (Å²) in [5.74, 6) is -2.29. The van der Waals surface area contributed by atoms with E-state index in [-0.39, 0.29) is 23.4 Å². The van der Waals surface area contributed by atoms with Crippen LogP contribution < -0.4 is 0 Å². The second-order valence-electron chi connectivity index (χ2n) is 7.99. The van der Waals surface area contributed by atoms with Crippen LogP contribution in [0.5, 0.6) is 0 Å². The van der Waals surface area contributed by atoms with Gasteiger partial charge in [-0.3, -0.25) is 9.59 Å². The van der Waals surface area contributed by atoms with Crippen LogP contribution in [-0.4, -0.2) is 53.8 Å². The minimum Gasteiger partial charge on any atom is -0.507 e. The third-order valence-electron chi connectivity index (χ3n) is 5.39. The molecule has 1 saturated heterocycles. The molecular weight excluding hydrogens is 383 g/mol. The molecule has 0 bridgehead atoms. The van der Waals surface area contributed by atoms with Gasteiger partial charge >= 0.3 is 0 Å². The monoisotopic (exact) mass is 410 g/mol. The van der Waals surface area contributed by atoms with Gasteiger partial charge in [-0.2, -0.15) is 0 Å². The van der Waals surface area contributed by atoms with Crippen molar-refractivity contribution < 1.29 is 19.1 Å². The first kappa shape index (κ1) is 21.7. The maximum atomic E-state index is 14.7. The molecule has 1 atom stereocenters. The Kier molecular flexibility index (Phi) is 6.37. The van der Waals surface area contributed by atoms with Crippen molar-refractivity contribution >= 4 is 17.4 Å². The van der Waals surface area contributed by atoms with Gasteiger partial charge in [0.15, 0.2) is 0 Å². The fourth-order valence-electron chi connectivity index (χ4n) is 3.82. The fourth-order valence-corrected chi connectivity index (χ4v) is 3.82. The van der Waals surface area contributed by atoms with Crippen LogP contribution in [0.15, 0.2) is 48.0 Å². The van der Waals surface area contributed by atoms with Crippen LogP contribution in [0.3, 0.4) is 0 Å². The summed E-state index contributed by atoms with van der Waals surface area (Å²) in [5.41, 5.74) is 2.29. The second-order valence-corrected chi connectivity index (χ2v) is 7.99. The van der Waals surface area contributed by atoms with Crippen LogP contribution in [0.25, 0.3) is 5.76 Å². The van der Waals surface area contributed by atoms with Crippen LogP contribution in [0.4, 0.5) is 4.39 Å². The number of rotatable bonds is 6. The van der Waals surface area contributed by atoms with Crippen LogP contribution >= 0.6 is 0 Å². The van der Waals surface area contributed by atoms with E-state index in [0.717, 1.165) is 11.1 Å². The number of aliphatic hydroxyl groups excluding tert-OH is 1. The Labute approximate surface area is 176 Å². The number of likely N-dealkylation sites (tertiary alicyclic amines) is 1. The SMILES string of the molecule is Cc1ccc(C)c(/C(O)=C2/C(=O)C(=O)N(CCCN(C)C)C2c2ccccc2F)c1. The van der Waals surface area contributed by atoms with E-state index in [0.29, 0.717) is 18.5 Å². The minimum absolute atomic E-state index is 0.0661. The van der Waals surface area contributed by atoms with Crippen molar-refractivity contribution in [3.8, 4) is 0 Å². The molecule has 1 amide bonds. The maximum Gasteiger partial charge on any atom is 0.295 e. The molecule has 1 N–H and O–H groups in total. The first-order chi connectivity index (χ1) is 14.2. The quantitative estimate of drug-likeness (QED) is 0.447. The number of carbonyl (C=O) groups is 2. The average Bonchev–Trinajstić information content (AvgIpc) is 2.94. The number of ketones is 1. The van der Waals surface area contributed by atoms with Gasteiger partial charge in [0.2, 0.25) is 0 Å². The fraction of sp³-hybridized carbons (Fsp3) is 0.333. The number of nitrogens with zero attached hydrogens (tertiary/aromatic N) is 2. The van der Waals surface area contributed by atoms with Crippen molar-refractivity contribution in [2.24, 2.45) is 0 Å². The first-order valence-electron chi connectivity index (χ1n) is 9.97. The van der Waals surface area contributed by atoms with Gasteiger partial charge < -0.3 is 14.9 Å². The molecule has 1 heterocycles. The highest BCUT2D eigenvalue weighted by atomic mass is 19.1. The number of hydrogen-bond donors (Lipinski definition) is 1. The van der Waals surface area contributed by atoms with Gasteiger partial charge in [0, 0.05) is 17.7 Å². The Morgan fingerprint density at radius 2 is 1.83 bits per heavy atom. The molecule has 158 valence electrons. The van der Waals surface area contributed by atoms with Gasteiger partial charge in [0.25, 0.3) is 11.7 Å². The van der Waals surface area contributed by atoms with Crippen molar-refractivity contribution in [2.45, 2.75) is 26.3 Å². The van der Waals surface area contributed by atoms with Gasteiger partial charge in [0.1, 0.15) is 11.6 Å². The molecule has 3 rings (SSSR count). The molecule has 0 spiro atoms. The molecule has 2 aromatic rings. The molecule has 0 aliphatic carbocycles. The Morgan fingerprint density at radius 3 is 2.50 bits per heavy atom. The molecule has 1 aliphatic rings. The Balaban J connectivity index is 2.16. The average molecular weight is 410 g/mol. The third-order valence-corrected chi connectivity index (χ3v) is 5.39. The lowest BCUT2D eigenvalue weighted by atomic mass is 9.93. The van der Waals surface area contributed by atoms with Crippen molar-refractivity contribution in [1.29, 1.82) is 0 Å². The van der Waals surface area contributed by atoms with Crippen LogP contribution in [0.2, 0.25) is 0 Å². The second kappa shape index (κ2) is 8.79. The lowest BCUT2D eigenvalue weighted by Crippen LogP contribution is -2.32. The van der Waals surface area contributed by atoms with Gasteiger partial charge in [-0.15, -0.1) is 0 Å². The third kappa shape index (κ3) is 4.14. The molecule has 5 nitrogen and oxygen atoms in total. The zero-order valence-electron chi connectivity index (χ0n) is 17.8. The molecule has 6 heteroatoms. The number of carbonyl (C=O) groups excluding carboxylic acids is 2. The van der Waals surface area contributed by atoms with Gasteiger partial charge in [-0.05, 0) is 58.6 Å². The molecule has 1 aliphatic heterocycles. The van der Waals surface area contributed by atoms with Crippen LogP contribution in [0.1, 0.15) is 34.7 Å². The van der Waals surface area contributed by atoms with Crippen LogP contribution in [0, 0.1) is 19.7 Å². The number of benzene rings is 2. The topological polar surface area (TPSA) is 60.9 Å². The standard InChI is InChI=1S/C24H27FN2O3/c1-15-10-11-16(2)18(14-15)22(28)20-21(17-8-5-6-9-19(17)25)27(24(30)23(20)29)13-7-12-26(3)4/h5-6,8-11,14,21,28H,7,12-13H2,1-4H3/b22-20-. The molecule has 2 aromatic carbocycles. The number of hydrogen-bond acceptors (Lipinski definition) is 4. The van der Waals surface area contributed by atoms with Crippen molar-refractivity contribution in [2.75, 3.05) is 27.2 Å². The summed E-state index contributed by atoms with van der Waals surface area (Å²) in [6.45, 7) is 4.69. The Hall–Kier alpha value is -2.99. The summed E-state index contributed by atoms with van der Waals surface area (Å²) in [5, 5.41) is 11.1. The molecule has 30 heavy (non-hydrogen) atoms. The van der Waals surface area contributed by atoms with E-state index in [1.807, 2.05) is 45.0 Å². The number of Topliss-reactive ketones (excluding diaryl/α,β-unsaturated/α-hetero) is 1. The first-order valence-corrected chi connectivity index (χ1v) is 9.97. The van der Waals surface area contributed by atoms with E-state index in [9.17, 15) is 19.1 Å². The lowest BCUT2D eigenvalue weighted by Gasteiger charge is -2.26. The van der Waals surface area contributed by atoms with Gasteiger partial charge in [-0.25, -0.2) is 4.39 Å². The van der Waals surface area contributed by atoms with Gasteiger partial charge in [-0.1, -0.05) is 35.9 Å². The Bertz CT molecular complexity index is 1010. The van der Waals surface area contributed by atoms with E-state index >= 15 is 0 Å². The molecular formula is C24H27FN2O3. The molecule has 0 saturated carbocycles. The van der Waals surface area contributed by atoms with Crippen molar-refractivity contribution in [3.63, 3.8) is 0 Å². The van der Waals surface area contributed by atoms with Gasteiger partial charge in [0.05, 0.1) is 11.6 Å². The van der Waals surface area contributed by atoms with Crippen molar-refractivity contribution in [1.82, 2.24) is 9.80 Å². The smallest absolute Gasteiger partial charge is 0.295 e. The molecule has 0 aromatic heterocycles. The predicted octanol–water partition coefficient (Wildman–Crippen LogP) is 3.82. The number of halogens is 1. The Morgan fingerprint density at radius 1 is 1.13 bits per heavy atom. The highest BCUT2D eigenvalue weighted by molar-refractivity contribution is 6.46. The summed E-state index contributed by atoms with van der Waals surface area (Å²) >= 11 is 0. The highest BCUT2D eigenvalue weighted by Gasteiger charge is 2.46. The number of aliphatic hydroxyl groups is 1. The molecule has 1 fully saturated rings. The van der Waals surface area contributed by atoms with E-state index < -0.39 is 23.5 Å². The maximum absolute atomic E-state index is 14.7. The lowest BCUT2D eigenvalue weighted by molar-refractivity contribution is -0.140. The summed E-state index contributed by atoms with van der Waals surface area (Å²) < 4.78 is 14.7. The zero-order valence-corrected chi connectivity index (χ0v) is 17.8. The predicted molar refractivity (Wildman–Crippen MR) is 114 cm³/mol. The summed E-state index contributed by atoms with van der Waals surface area (Å²) in [4.78, 5) is 29.2. The number of aryl methyl sites for hydroxylation is 2. The largest absolute Gasteiger partial charge is 0.507 e.